The van der Waals surface area contributed by atoms with Crippen molar-refractivity contribution in [1.29, 1.82) is 0 Å². The Hall–Kier alpha value is -1.84. The third kappa shape index (κ3) is 1.44. The molecule has 0 radical (unpaired) electrons. The van der Waals surface area contributed by atoms with E-state index < -0.39 is 0 Å². The number of nitrogens with zero attached hydrogens (tertiary/aromatic N) is 2. The van der Waals surface area contributed by atoms with Crippen LogP contribution in [0.5, 0.6) is 0 Å². The van der Waals surface area contributed by atoms with Gasteiger partial charge in [0.05, 0.1) is 4.43 Å². The lowest BCUT2D eigenvalue weighted by Gasteiger charge is -2.13. The van der Waals surface area contributed by atoms with E-state index in [-0.39, 0.29) is 0 Å². The molecule has 1 N–H and O–H groups in total. The van der Waals surface area contributed by atoms with Gasteiger partial charge in [-0.15, -0.1) is 0 Å². The summed E-state index contributed by atoms with van der Waals surface area (Å²) in [5.74, 6) is 0. The minimum atomic E-state index is 0.541. The number of benzene rings is 1. The van der Waals surface area contributed by atoms with E-state index in [4.69, 9.17) is 0 Å². The number of hydrogen-bond donors (Lipinski definition) is 1. The van der Waals surface area contributed by atoms with Gasteiger partial charge in [-0.1, -0.05) is 6.07 Å². The van der Waals surface area contributed by atoms with Crippen LogP contribution in [0.15, 0.2) is 18.2 Å². The highest BCUT2D eigenvalue weighted by Gasteiger charge is 2.27. The molecule has 4 heteroatoms. The molecule has 0 spiro atoms. The Kier molecular flexibility index (Phi) is 2.18. The van der Waals surface area contributed by atoms with Gasteiger partial charge in [0, 0.05) is 17.4 Å². The summed E-state index contributed by atoms with van der Waals surface area (Å²) in [4.78, 5) is 12.2. The van der Waals surface area contributed by atoms with Gasteiger partial charge in [0.25, 0.3) is 11.2 Å². The summed E-state index contributed by atoms with van der Waals surface area (Å²) < 4.78 is 2.18. The molecule has 0 saturated heterocycles. The van der Waals surface area contributed by atoms with Gasteiger partial charge in [-0.2, -0.15) is 4.73 Å². The van der Waals surface area contributed by atoms with E-state index in [1.54, 1.807) is 6.07 Å². The Balaban J connectivity index is 2.47. The van der Waals surface area contributed by atoms with Crippen LogP contribution in [-0.4, -0.2) is 9.94 Å². The number of rotatable bonds is 0. The second kappa shape index (κ2) is 3.58. The molecule has 2 aromatic rings. The fourth-order valence-corrected chi connectivity index (χ4v) is 2.59. The number of fused-ring (bicyclic) bond motifs is 2. The molecule has 1 aromatic carbocycles. The minimum Gasteiger partial charge on any atom is -0.428 e. The van der Waals surface area contributed by atoms with Crippen LogP contribution in [0, 0.1) is 11.8 Å². The maximum Gasteiger partial charge on any atom is 0.290 e. The van der Waals surface area contributed by atoms with Gasteiger partial charge in [0.1, 0.15) is 5.69 Å². The molecule has 88 valence electrons. The van der Waals surface area contributed by atoms with E-state index >= 15 is 0 Å². The first-order valence-corrected chi connectivity index (χ1v) is 5.97. The number of aryl methyl sites for hydroxylation is 1. The minimum absolute atomic E-state index is 0.541. The van der Waals surface area contributed by atoms with Gasteiger partial charge in [0.2, 0.25) is 0 Å². The summed E-state index contributed by atoms with van der Waals surface area (Å²) in [6.45, 7) is 1.95. The van der Waals surface area contributed by atoms with Crippen molar-refractivity contribution in [1.82, 2.24) is 4.73 Å². The van der Waals surface area contributed by atoms with Gasteiger partial charge < -0.3 is 5.21 Å². The molecule has 1 aromatic heterocycles. The zero-order valence-electron chi connectivity index (χ0n) is 9.81. The largest absolute Gasteiger partial charge is 0.428 e. The third-order valence-electron chi connectivity index (χ3n) is 3.49. The molecule has 4 nitrogen and oxygen atoms in total. The summed E-state index contributed by atoms with van der Waals surface area (Å²) in [5.41, 5.74) is 3.66. The SMILES string of the molecule is Cc1ccc2c(c1)n(O)c1c([n+]2=O)CCCC1. The molecule has 0 amide bonds. The van der Waals surface area contributed by atoms with Crippen LogP contribution in [0.4, 0.5) is 0 Å². The Bertz CT molecular complexity index is 658. The molecule has 1 aliphatic carbocycles. The Morgan fingerprint density at radius 1 is 1.29 bits per heavy atom. The summed E-state index contributed by atoms with van der Waals surface area (Å²) in [5, 5.41) is 10.2. The van der Waals surface area contributed by atoms with Crippen LogP contribution in [0.2, 0.25) is 0 Å². The average molecular weight is 231 g/mol. The van der Waals surface area contributed by atoms with Crippen LogP contribution in [0.3, 0.4) is 0 Å². The normalized spacial score (nSPS) is 14.9. The molecule has 3 rings (SSSR count). The molecule has 0 aliphatic heterocycles. The Morgan fingerprint density at radius 2 is 2.06 bits per heavy atom. The third-order valence-corrected chi connectivity index (χ3v) is 3.49. The Labute approximate surface area is 98.7 Å². The summed E-state index contributed by atoms with van der Waals surface area (Å²) in [6, 6.07) is 5.52. The van der Waals surface area contributed by atoms with Crippen molar-refractivity contribution in [2.45, 2.75) is 32.6 Å². The number of aromatic nitrogens is 2. The average Bonchev–Trinajstić information content (AvgIpc) is 2.36. The summed E-state index contributed by atoms with van der Waals surface area (Å²) in [7, 11) is 0. The lowest BCUT2D eigenvalue weighted by molar-refractivity contribution is -0.477. The van der Waals surface area contributed by atoms with Crippen LogP contribution in [-0.2, 0) is 12.8 Å². The van der Waals surface area contributed by atoms with Gasteiger partial charge in [-0.25, -0.2) is 0 Å². The second-order valence-electron chi connectivity index (χ2n) is 4.70. The molecule has 1 heterocycles. The van der Waals surface area contributed by atoms with Crippen molar-refractivity contribution in [3.63, 3.8) is 0 Å². The van der Waals surface area contributed by atoms with E-state index in [1.807, 2.05) is 19.1 Å². The summed E-state index contributed by atoms with van der Waals surface area (Å²) >= 11 is 0. The van der Waals surface area contributed by atoms with Crippen molar-refractivity contribution in [3.05, 3.63) is 40.1 Å². The van der Waals surface area contributed by atoms with Gasteiger partial charge in [-0.3, -0.25) is 0 Å². The second-order valence-corrected chi connectivity index (χ2v) is 4.70. The van der Waals surface area contributed by atoms with Crippen LogP contribution in [0.1, 0.15) is 29.8 Å². The lowest BCUT2D eigenvalue weighted by Crippen LogP contribution is -2.30. The van der Waals surface area contributed by atoms with E-state index in [2.05, 4.69) is 0 Å². The van der Waals surface area contributed by atoms with E-state index in [1.165, 1.54) is 4.73 Å². The highest BCUT2D eigenvalue weighted by molar-refractivity contribution is 5.72. The predicted octanol–water partition coefficient (Wildman–Crippen LogP) is 1.98. The predicted molar refractivity (Wildman–Crippen MR) is 63.9 cm³/mol. The van der Waals surface area contributed by atoms with E-state index in [9.17, 15) is 10.1 Å². The van der Waals surface area contributed by atoms with Crippen molar-refractivity contribution in [3.8, 4) is 0 Å². The maximum atomic E-state index is 12.2. The van der Waals surface area contributed by atoms with Crippen LogP contribution in [0.25, 0.3) is 11.0 Å². The Morgan fingerprint density at radius 3 is 2.88 bits per heavy atom. The highest BCUT2D eigenvalue weighted by atomic mass is 16.5. The molecule has 0 atom stereocenters. The molecule has 0 bridgehead atoms. The molecular formula is C13H15N2O2+. The first-order chi connectivity index (χ1) is 8.18. The lowest BCUT2D eigenvalue weighted by atomic mass is 10.00. The van der Waals surface area contributed by atoms with Gasteiger partial charge in [0.15, 0.2) is 5.52 Å². The standard InChI is InChI=1S/C13H15N2O2/c1-9-6-7-12-13(8-9)15(17)11-5-3-2-4-10(11)14(12)16/h6-8,17H,2-5H2,1H3/q+1. The molecule has 0 unspecified atom stereocenters. The molecule has 17 heavy (non-hydrogen) atoms. The molecule has 0 fully saturated rings. The quantitative estimate of drug-likeness (QED) is 0.556. The zero-order valence-corrected chi connectivity index (χ0v) is 9.81. The highest BCUT2D eigenvalue weighted by Crippen LogP contribution is 2.21. The van der Waals surface area contributed by atoms with Crippen molar-refractivity contribution in [2.24, 2.45) is 0 Å². The first kappa shape index (κ1) is 10.3. The van der Waals surface area contributed by atoms with Crippen LogP contribution >= 0.6 is 0 Å². The summed E-state index contributed by atoms with van der Waals surface area (Å²) in [6.07, 6.45) is 3.58. The number of hydrogen-bond acceptors (Lipinski definition) is 2. The van der Waals surface area contributed by atoms with Crippen molar-refractivity contribution in [2.75, 3.05) is 0 Å². The first-order valence-electron chi connectivity index (χ1n) is 5.97. The topological polar surface area (TPSA) is 48.1 Å². The fourth-order valence-electron chi connectivity index (χ4n) is 2.59. The van der Waals surface area contributed by atoms with Gasteiger partial charge >= 0.3 is 0 Å². The van der Waals surface area contributed by atoms with Gasteiger partial charge in [-0.05, 0) is 37.8 Å². The zero-order chi connectivity index (χ0) is 12.0. The fraction of sp³-hybridized carbons (Fsp3) is 0.385. The van der Waals surface area contributed by atoms with E-state index in [0.29, 0.717) is 11.0 Å². The maximum absolute atomic E-state index is 12.2. The van der Waals surface area contributed by atoms with E-state index in [0.717, 1.165) is 47.1 Å². The van der Waals surface area contributed by atoms with Crippen molar-refractivity contribution >= 4 is 11.0 Å². The molecule has 1 aliphatic rings. The van der Waals surface area contributed by atoms with Crippen molar-refractivity contribution < 1.29 is 9.63 Å². The molecular weight excluding hydrogens is 216 g/mol. The molecule has 0 saturated carbocycles. The monoisotopic (exact) mass is 231 g/mol. The van der Waals surface area contributed by atoms with Crippen LogP contribution < -0.4 is 4.43 Å². The smallest absolute Gasteiger partial charge is 0.290 e.